The highest BCUT2D eigenvalue weighted by molar-refractivity contribution is 7.90. The van der Waals surface area contributed by atoms with Gasteiger partial charge in [0.2, 0.25) is 10.0 Å². The molecule has 1 aliphatic heterocycles. The van der Waals surface area contributed by atoms with Crippen molar-refractivity contribution >= 4 is 10.0 Å². The molecule has 0 aromatic heterocycles. The minimum Gasteiger partial charge on any atom is -0.297 e. The lowest BCUT2D eigenvalue weighted by Gasteiger charge is -2.23. The molecule has 2 aromatic carbocycles. The van der Waals surface area contributed by atoms with Crippen molar-refractivity contribution < 1.29 is 17.6 Å². The Labute approximate surface area is 160 Å². The zero-order valence-electron chi connectivity index (χ0n) is 15.7. The second-order valence-corrected chi connectivity index (χ2v) is 9.09. The summed E-state index contributed by atoms with van der Waals surface area (Å²) in [5.74, 6) is -0.0283. The summed E-state index contributed by atoms with van der Waals surface area (Å²) >= 11 is 0. The van der Waals surface area contributed by atoms with E-state index in [1.807, 2.05) is 24.3 Å². The van der Waals surface area contributed by atoms with Gasteiger partial charge in [-0.1, -0.05) is 56.3 Å². The summed E-state index contributed by atoms with van der Waals surface area (Å²) in [5, 5.41) is 0.802. The molecule has 2 aromatic rings. The maximum Gasteiger partial charge on any atom is 0.219 e. The molecule has 1 heterocycles. The number of sulfonamides is 1. The second kappa shape index (κ2) is 8.06. The highest BCUT2D eigenvalue weighted by atomic mass is 32.2. The molecule has 0 spiro atoms. The van der Waals surface area contributed by atoms with Crippen LogP contribution in [0.1, 0.15) is 42.5 Å². The first-order valence-corrected chi connectivity index (χ1v) is 10.5. The van der Waals surface area contributed by atoms with Crippen LogP contribution in [0.5, 0.6) is 0 Å². The monoisotopic (exact) mass is 392 g/mol. The van der Waals surface area contributed by atoms with Crippen molar-refractivity contribution in [2.45, 2.75) is 37.6 Å². The lowest BCUT2D eigenvalue weighted by Crippen LogP contribution is -2.39. The van der Waals surface area contributed by atoms with Crippen molar-refractivity contribution in [1.82, 2.24) is 9.79 Å². The molecule has 1 fully saturated rings. The van der Waals surface area contributed by atoms with Gasteiger partial charge in [0.05, 0.1) is 12.6 Å². The van der Waals surface area contributed by atoms with E-state index >= 15 is 0 Å². The zero-order valence-corrected chi connectivity index (χ0v) is 16.5. The molecule has 1 aliphatic rings. The molecule has 1 N–H and O–H groups in total. The van der Waals surface area contributed by atoms with E-state index in [1.165, 1.54) is 11.6 Å². The molecule has 0 unspecified atom stereocenters. The van der Waals surface area contributed by atoms with Crippen molar-refractivity contribution in [3.8, 4) is 0 Å². The van der Waals surface area contributed by atoms with Crippen LogP contribution in [0, 0.1) is 5.82 Å². The molecular weight excluding hydrogens is 367 g/mol. The Hall–Kier alpha value is -1.80. The molecule has 0 radical (unpaired) electrons. The fraction of sp³-hybridized carbons (Fsp3) is 0.400. The van der Waals surface area contributed by atoms with Gasteiger partial charge in [0, 0.05) is 19.2 Å². The maximum absolute atomic E-state index is 13.8. The van der Waals surface area contributed by atoms with Crippen molar-refractivity contribution in [2.24, 2.45) is 0 Å². The molecule has 27 heavy (non-hydrogen) atoms. The van der Waals surface area contributed by atoms with Gasteiger partial charge in [-0.2, -0.15) is 5.06 Å². The molecule has 0 saturated carbocycles. The van der Waals surface area contributed by atoms with Gasteiger partial charge in [-0.15, -0.1) is 0 Å². The van der Waals surface area contributed by atoms with Crippen LogP contribution in [-0.4, -0.2) is 32.4 Å². The Morgan fingerprint density at radius 1 is 1.19 bits per heavy atom. The van der Waals surface area contributed by atoms with Crippen LogP contribution in [0.4, 0.5) is 4.39 Å². The highest BCUT2D eigenvalue weighted by Gasteiger charge is 2.43. The quantitative estimate of drug-likeness (QED) is 0.819. The fourth-order valence-corrected chi connectivity index (χ4v) is 4.76. The number of benzene rings is 2. The number of nitrogens with one attached hydrogen (secondary N) is 1. The third-order valence-corrected chi connectivity index (χ3v) is 6.69. The minimum atomic E-state index is -3.71. The Balaban J connectivity index is 1.80. The highest BCUT2D eigenvalue weighted by Crippen LogP contribution is 2.34. The number of hydrogen-bond donors (Lipinski definition) is 1. The van der Waals surface area contributed by atoms with E-state index in [2.05, 4.69) is 18.6 Å². The summed E-state index contributed by atoms with van der Waals surface area (Å²) in [6.45, 7) is 4.19. The van der Waals surface area contributed by atoms with Gasteiger partial charge in [-0.05, 0) is 23.1 Å². The van der Waals surface area contributed by atoms with E-state index in [1.54, 1.807) is 30.3 Å². The van der Waals surface area contributed by atoms with Crippen LogP contribution < -0.4 is 4.72 Å². The summed E-state index contributed by atoms with van der Waals surface area (Å²) in [6, 6.07) is 13.6. The Kier molecular flexibility index (Phi) is 5.95. The van der Waals surface area contributed by atoms with Gasteiger partial charge in [-0.3, -0.25) is 4.84 Å². The topological polar surface area (TPSA) is 58.6 Å². The van der Waals surface area contributed by atoms with Gasteiger partial charge in [-0.25, -0.2) is 17.5 Å². The van der Waals surface area contributed by atoms with Gasteiger partial charge >= 0.3 is 0 Å². The van der Waals surface area contributed by atoms with Gasteiger partial charge < -0.3 is 0 Å². The van der Waals surface area contributed by atoms with Crippen molar-refractivity contribution in [3.63, 3.8) is 0 Å². The Bertz CT molecular complexity index is 884. The average Bonchev–Trinajstić information content (AvgIpc) is 3.03. The van der Waals surface area contributed by atoms with E-state index in [0.717, 1.165) is 5.56 Å². The van der Waals surface area contributed by atoms with Crippen molar-refractivity contribution in [3.05, 3.63) is 71.0 Å². The lowest BCUT2D eigenvalue weighted by atomic mass is 9.98. The molecule has 0 amide bonds. The molecule has 3 rings (SSSR count). The number of hydroxylamine groups is 2. The first-order valence-electron chi connectivity index (χ1n) is 8.97. The van der Waals surface area contributed by atoms with Gasteiger partial charge in [0.25, 0.3) is 0 Å². The summed E-state index contributed by atoms with van der Waals surface area (Å²) in [5.41, 5.74) is 2.38. The minimum absolute atomic E-state index is 0.0553. The first kappa shape index (κ1) is 19.9. The number of rotatable bonds is 6. The Morgan fingerprint density at radius 2 is 1.85 bits per heavy atom. The standard InChI is InChI=1S/C20H25FN2O3S/c1-14(2)15-8-10-16(11-9-15)20-19(13-26-23(20)3)27(24,25)22-12-17-6-4-5-7-18(17)21/h4-11,14,19-20,22H,12-13H2,1-3H3/t19-,20-/m1/s1. The normalized spacial score (nSPS) is 21.1. The fourth-order valence-electron chi connectivity index (χ4n) is 3.29. The summed E-state index contributed by atoms with van der Waals surface area (Å²) in [4.78, 5) is 5.51. The number of nitrogens with zero attached hydrogens (tertiary/aromatic N) is 1. The van der Waals surface area contributed by atoms with E-state index in [0.29, 0.717) is 11.5 Å². The average molecular weight is 392 g/mol. The van der Waals surface area contributed by atoms with E-state index in [4.69, 9.17) is 4.84 Å². The van der Waals surface area contributed by atoms with E-state index < -0.39 is 27.1 Å². The third kappa shape index (κ3) is 4.38. The van der Waals surface area contributed by atoms with Crippen LogP contribution in [0.3, 0.4) is 0 Å². The van der Waals surface area contributed by atoms with Crippen LogP contribution in [0.2, 0.25) is 0 Å². The SMILES string of the molecule is CC(C)c1ccc([C@@H]2[C@H](S(=O)(=O)NCc3ccccc3F)CON2C)cc1. The molecule has 1 saturated heterocycles. The maximum atomic E-state index is 13.8. The molecular formula is C20H25FN2O3S. The zero-order chi connectivity index (χ0) is 19.6. The van der Waals surface area contributed by atoms with Crippen LogP contribution in [0.25, 0.3) is 0 Å². The Morgan fingerprint density at radius 3 is 2.48 bits per heavy atom. The smallest absolute Gasteiger partial charge is 0.219 e. The van der Waals surface area contributed by atoms with Crippen LogP contribution >= 0.6 is 0 Å². The van der Waals surface area contributed by atoms with Crippen LogP contribution in [0.15, 0.2) is 48.5 Å². The molecule has 0 bridgehead atoms. The van der Waals surface area contributed by atoms with Gasteiger partial charge in [0.1, 0.15) is 11.1 Å². The summed E-state index contributed by atoms with van der Waals surface area (Å²) in [6.07, 6.45) is 0. The molecule has 146 valence electrons. The third-order valence-electron chi connectivity index (χ3n) is 4.95. The van der Waals surface area contributed by atoms with Crippen LogP contribution in [-0.2, 0) is 21.4 Å². The van der Waals surface area contributed by atoms with Crippen molar-refractivity contribution in [2.75, 3.05) is 13.7 Å². The number of halogens is 1. The first-order chi connectivity index (χ1) is 12.8. The lowest BCUT2D eigenvalue weighted by molar-refractivity contribution is -0.110. The predicted octanol–water partition coefficient (Wildman–Crippen LogP) is 3.36. The van der Waals surface area contributed by atoms with E-state index in [-0.39, 0.29) is 13.2 Å². The predicted molar refractivity (Wildman–Crippen MR) is 103 cm³/mol. The van der Waals surface area contributed by atoms with Crippen molar-refractivity contribution in [1.29, 1.82) is 0 Å². The molecule has 5 nitrogen and oxygen atoms in total. The largest absolute Gasteiger partial charge is 0.297 e. The second-order valence-electron chi connectivity index (χ2n) is 7.10. The molecule has 2 atom stereocenters. The van der Waals surface area contributed by atoms with Gasteiger partial charge in [0.15, 0.2) is 0 Å². The van der Waals surface area contributed by atoms with E-state index in [9.17, 15) is 12.8 Å². The summed E-state index contributed by atoms with van der Waals surface area (Å²) < 4.78 is 42.1. The molecule has 0 aliphatic carbocycles. The summed E-state index contributed by atoms with van der Waals surface area (Å²) in [7, 11) is -1.99. The molecule has 7 heteroatoms. The number of hydrogen-bond acceptors (Lipinski definition) is 4.